The molecular weight excluding hydrogens is 487 g/mol. The summed E-state index contributed by atoms with van der Waals surface area (Å²) in [5.74, 6) is -5.13. The summed E-state index contributed by atoms with van der Waals surface area (Å²) in [6.07, 6.45) is 3.00. The number of benzene rings is 1. The van der Waals surface area contributed by atoms with Crippen molar-refractivity contribution < 1.29 is 52.2 Å². The molecule has 0 heterocycles. The topological polar surface area (TPSA) is 168 Å². The summed E-state index contributed by atoms with van der Waals surface area (Å²) in [5, 5.41) is 31.3. The van der Waals surface area contributed by atoms with Gasteiger partial charge in [-0.25, -0.2) is 0 Å². The van der Waals surface area contributed by atoms with E-state index in [0.29, 0.717) is 6.07 Å². The van der Waals surface area contributed by atoms with Gasteiger partial charge in [0.1, 0.15) is 0 Å². The summed E-state index contributed by atoms with van der Waals surface area (Å²) in [6.45, 7) is 0. The van der Waals surface area contributed by atoms with E-state index in [1.807, 2.05) is 0 Å². The van der Waals surface area contributed by atoms with Crippen molar-refractivity contribution in [3.63, 3.8) is 0 Å². The second-order valence-electron chi connectivity index (χ2n) is 4.77. The summed E-state index contributed by atoms with van der Waals surface area (Å²) in [7, 11) is 0. The van der Waals surface area contributed by atoms with Gasteiger partial charge < -0.3 is 41.2 Å². The molecule has 2 unspecified atom stereocenters. The standard InChI is InChI=1S/C9H6O6.C5H10N2.Pt/c10-7(11)4-1-2-5(8(12)13)6(3-4)9(14)15;6-4-2-1-3-5(4)7;/h1-3H,(H,10,11)(H,12,13)(H,14,15);4-7H,1-3H2;/q;-2;+4/p-2. The molecule has 0 aliphatic heterocycles. The van der Waals surface area contributed by atoms with E-state index >= 15 is 0 Å². The zero-order valence-electron chi connectivity index (χ0n) is 12.8. The Hall–Kier alpha value is -1.76. The van der Waals surface area contributed by atoms with E-state index in [2.05, 4.69) is 0 Å². The number of carbonyl (C=O) groups is 3. The molecular formula is C14H14N2O6Pt. The fourth-order valence-electron chi connectivity index (χ4n) is 1.98. The number of hydrogen-bond acceptors (Lipinski definition) is 6. The van der Waals surface area contributed by atoms with Gasteiger partial charge in [0.2, 0.25) is 0 Å². The van der Waals surface area contributed by atoms with Crippen LogP contribution in [-0.4, -0.2) is 30.0 Å². The van der Waals surface area contributed by atoms with Gasteiger partial charge in [0.05, 0.1) is 17.9 Å². The van der Waals surface area contributed by atoms with Gasteiger partial charge in [-0.05, 0) is 11.6 Å². The Balaban J connectivity index is 0. The largest absolute Gasteiger partial charge is 4.00 e. The Morgan fingerprint density at radius 3 is 1.70 bits per heavy atom. The molecule has 2 rings (SSSR count). The first kappa shape index (κ1) is 21.2. The van der Waals surface area contributed by atoms with Crippen LogP contribution in [0.25, 0.3) is 11.5 Å². The van der Waals surface area contributed by atoms with Crippen molar-refractivity contribution in [2.45, 2.75) is 31.3 Å². The van der Waals surface area contributed by atoms with Crippen LogP contribution in [0.2, 0.25) is 0 Å². The van der Waals surface area contributed by atoms with Crippen LogP contribution in [0.4, 0.5) is 0 Å². The van der Waals surface area contributed by atoms with Crippen LogP contribution in [0.3, 0.4) is 0 Å². The number of aromatic carboxylic acids is 3. The number of rotatable bonds is 3. The molecule has 23 heavy (non-hydrogen) atoms. The third-order valence-corrected chi connectivity index (χ3v) is 3.21. The zero-order chi connectivity index (χ0) is 16.9. The SMILES string of the molecule is O=C([O-])c1ccc(C(=O)[O-])c(C(=O)[O-])c1.[H+].[NH-]C1CCCC1[NH-].[Pt+4]. The van der Waals surface area contributed by atoms with Crippen molar-refractivity contribution >= 4 is 17.9 Å². The van der Waals surface area contributed by atoms with E-state index in [0.717, 1.165) is 31.4 Å². The van der Waals surface area contributed by atoms with Gasteiger partial charge in [-0.2, -0.15) is 12.1 Å². The molecule has 0 amide bonds. The summed E-state index contributed by atoms with van der Waals surface area (Å²) >= 11 is 0. The van der Waals surface area contributed by atoms with E-state index in [1.165, 1.54) is 0 Å². The average molecular weight is 501 g/mol. The molecule has 1 aromatic rings. The Kier molecular flexibility index (Phi) is 8.67. The maximum absolute atomic E-state index is 10.5. The normalized spacial score (nSPS) is 19.0. The first-order valence-electron chi connectivity index (χ1n) is 6.44. The van der Waals surface area contributed by atoms with Gasteiger partial charge >= 0.3 is 22.5 Å². The first-order chi connectivity index (χ1) is 10.2. The van der Waals surface area contributed by atoms with Crippen LogP contribution in [0, 0.1) is 0 Å². The number of carboxylic acid groups (broad SMARTS) is 3. The Morgan fingerprint density at radius 2 is 1.39 bits per heavy atom. The fraction of sp³-hybridized carbons (Fsp3) is 0.357. The Bertz CT molecular complexity index is 591. The van der Waals surface area contributed by atoms with Crippen molar-refractivity contribution in [3.8, 4) is 0 Å². The number of nitrogens with one attached hydrogen (secondary N) is 2. The quantitative estimate of drug-likeness (QED) is 0.509. The zero-order valence-corrected chi connectivity index (χ0v) is 14.0. The molecule has 1 aromatic carbocycles. The summed E-state index contributed by atoms with van der Waals surface area (Å²) in [5.41, 5.74) is 12.5. The molecule has 1 aliphatic rings. The molecule has 0 bridgehead atoms. The maximum Gasteiger partial charge on any atom is 4.00 e. The van der Waals surface area contributed by atoms with Crippen LogP contribution in [0.15, 0.2) is 18.2 Å². The van der Waals surface area contributed by atoms with E-state index in [4.69, 9.17) is 11.5 Å². The van der Waals surface area contributed by atoms with Crippen LogP contribution < -0.4 is 15.3 Å². The number of hydrogen-bond donors (Lipinski definition) is 0. The van der Waals surface area contributed by atoms with E-state index in [9.17, 15) is 29.7 Å². The van der Waals surface area contributed by atoms with E-state index < -0.39 is 34.6 Å². The van der Waals surface area contributed by atoms with Crippen molar-refractivity contribution in [1.82, 2.24) is 0 Å². The van der Waals surface area contributed by atoms with Gasteiger partial charge in [0, 0.05) is 11.1 Å². The van der Waals surface area contributed by atoms with E-state index in [1.54, 1.807) is 0 Å². The summed E-state index contributed by atoms with van der Waals surface area (Å²) in [6, 6.07) is 2.23. The van der Waals surface area contributed by atoms with Crippen LogP contribution in [0.1, 0.15) is 51.8 Å². The summed E-state index contributed by atoms with van der Waals surface area (Å²) < 4.78 is 0. The summed E-state index contributed by atoms with van der Waals surface area (Å²) in [4.78, 5) is 31.3. The van der Waals surface area contributed by atoms with Crippen LogP contribution >= 0.6 is 0 Å². The molecule has 0 saturated heterocycles. The van der Waals surface area contributed by atoms with E-state index in [-0.39, 0.29) is 34.6 Å². The first-order valence-corrected chi connectivity index (χ1v) is 6.44. The Labute approximate surface area is 148 Å². The van der Waals surface area contributed by atoms with Gasteiger partial charge in [-0.3, -0.25) is 0 Å². The van der Waals surface area contributed by atoms with Crippen molar-refractivity contribution in [1.29, 1.82) is 0 Å². The van der Waals surface area contributed by atoms with Crippen LogP contribution in [0.5, 0.6) is 0 Å². The van der Waals surface area contributed by atoms with Gasteiger partial charge in [-0.15, -0.1) is 0 Å². The smallest absolute Gasteiger partial charge is 0.676 e. The van der Waals surface area contributed by atoms with Gasteiger partial charge in [0.25, 0.3) is 0 Å². The minimum Gasteiger partial charge on any atom is -0.676 e. The fourth-order valence-corrected chi connectivity index (χ4v) is 1.98. The predicted molar refractivity (Wildman–Crippen MR) is 70.6 cm³/mol. The minimum atomic E-state index is -1.79. The average Bonchev–Trinajstić information content (AvgIpc) is 2.82. The Morgan fingerprint density at radius 1 is 0.913 bits per heavy atom. The molecule has 9 heteroatoms. The molecule has 0 aromatic heterocycles. The molecule has 1 fully saturated rings. The molecule has 1 aliphatic carbocycles. The van der Waals surface area contributed by atoms with Gasteiger partial charge in [0.15, 0.2) is 0 Å². The molecule has 8 nitrogen and oxygen atoms in total. The molecule has 2 N–H and O–H groups in total. The second-order valence-corrected chi connectivity index (χ2v) is 4.77. The molecule has 1 saturated carbocycles. The molecule has 0 radical (unpaired) electrons. The second kappa shape index (κ2) is 9.39. The van der Waals surface area contributed by atoms with Crippen molar-refractivity contribution in [2.75, 3.05) is 0 Å². The molecule has 0 spiro atoms. The minimum absolute atomic E-state index is 0. The maximum atomic E-state index is 10.5. The number of carboxylic acids is 3. The van der Waals surface area contributed by atoms with Gasteiger partial charge in [-0.1, -0.05) is 31.4 Å². The predicted octanol–water partition coefficient (Wildman–Crippen LogP) is -1.10. The molecule has 2 atom stereocenters. The third kappa shape index (κ3) is 6.09. The van der Waals surface area contributed by atoms with Crippen molar-refractivity contribution in [3.05, 3.63) is 46.4 Å². The van der Waals surface area contributed by atoms with Crippen LogP contribution in [-0.2, 0) is 21.1 Å². The third-order valence-electron chi connectivity index (χ3n) is 3.21. The monoisotopic (exact) mass is 501 g/mol. The molecule has 126 valence electrons. The van der Waals surface area contributed by atoms with Crippen molar-refractivity contribution in [2.24, 2.45) is 0 Å². The number of carbonyl (C=O) groups excluding carboxylic acids is 3.